The third-order valence-electron chi connectivity index (χ3n) is 7.48. The van der Waals surface area contributed by atoms with E-state index in [9.17, 15) is 32.8 Å². The number of para-hydroxylation sites is 1. The van der Waals surface area contributed by atoms with Crippen LogP contribution < -0.4 is 10.6 Å². The fourth-order valence-corrected chi connectivity index (χ4v) is 5.12. The number of nitrogens with one attached hydrogen (secondary N) is 3. The predicted octanol–water partition coefficient (Wildman–Crippen LogP) is 3.61. The van der Waals surface area contributed by atoms with Crippen LogP contribution in [0.5, 0.6) is 0 Å². The second-order valence-electron chi connectivity index (χ2n) is 10.2. The lowest BCUT2D eigenvalue weighted by Gasteiger charge is -2.20. The van der Waals surface area contributed by atoms with Crippen LogP contribution in [0.25, 0.3) is 10.9 Å². The van der Waals surface area contributed by atoms with Gasteiger partial charge in [-0.1, -0.05) is 12.1 Å². The number of amides is 2. The highest BCUT2D eigenvalue weighted by Gasteiger charge is 2.57. The molecule has 4 atom stereocenters. The molecule has 2 amide bonds. The predicted molar refractivity (Wildman–Crippen MR) is 119 cm³/mol. The van der Waals surface area contributed by atoms with Crippen molar-refractivity contribution >= 4 is 28.5 Å². The van der Waals surface area contributed by atoms with Crippen molar-refractivity contribution in [2.45, 2.75) is 62.4 Å². The molecule has 2 aliphatic carbocycles. The Balaban J connectivity index is 1.27. The van der Waals surface area contributed by atoms with E-state index in [0.717, 1.165) is 12.8 Å². The van der Waals surface area contributed by atoms with Gasteiger partial charge in [-0.05, 0) is 44.2 Å². The molecular weight excluding hydrogens is 461 g/mol. The molecule has 7 nitrogen and oxygen atoms in total. The van der Waals surface area contributed by atoms with Gasteiger partial charge in [-0.3, -0.25) is 14.4 Å². The summed E-state index contributed by atoms with van der Waals surface area (Å²) in [6, 6.07) is 6.85. The number of nitriles is 1. The molecule has 1 unspecified atom stereocenters. The van der Waals surface area contributed by atoms with Crippen LogP contribution in [0.2, 0.25) is 0 Å². The minimum Gasteiger partial charge on any atom is -0.350 e. The molecule has 1 aromatic heterocycles. The fourth-order valence-electron chi connectivity index (χ4n) is 5.12. The first-order valence-electron chi connectivity index (χ1n) is 11.8. The zero-order valence-electron chi connectivity index (χ0n) is 18.9. The number of hydrogen-bond donors (Lipinski definition) is 3. The van der Waals surface area contributed by atoms with Gasteiger partial charge in [-0.25, -0.2) is 13.2 Å². The standard InChI is InChI=1S/C25H25F3N4O3/c26-18-3-1-2-13-8-19(31-21(13)18)20(33)9-14(6-16-11-25(16,27)28)22(34)30-17(12-29)7-15-10-24(4-5-24)32-23(15)35/h1-3,8,14-17,31H,4-7,9-11H2,(H,30,34)(H,32,35)/t14-,15-,16?,17+/m1/s1. The smallest absolute Gasteiger partial charge is 0.251 e. The molecule has 1 spiro atoms. The van der Waals surface area contributed by atoms with Gasteiger partial charge in [0.25, 0.3) is 5.92 Å². The second-order valence-corrected chi connectivity index (χ2v) is 10.2. The number of fused-ring (bicyclic) bond motifs is 1. The summed E-state index contributed by atoms with van der Waals surface area (Å²) in [5.74, 6) is -7.24. The minimum atomic E-state index is -2.87. The van der Waals surface area contributed by atoms with Gasteiger partial charge in [0.2, 0.25) is 11.8 Å². The van der Waals surface area contributed by atoms with Crippen molar-refractivity contribution in [3.8, 4) is 6.07 Å². The summed E-state index contributed by atoms with van der Waals surface area (Å²) in [6.07, 6.45) is 1.61. The Morgan fingerprint density at radius 1 is 1.23 bits per heavy atom. The number of rotatable bonds is 9. The molecule has 1 saturated heterocycles. The molecule has 5 rings (SSSR count). The molecule has 0 radical (unpaired) electrons. The van der Waals surface area contributed by atoms with Crippen molar-refractivity contribution in [1.29, 1.82) is 5.26 Å². The Morgan fingerprint density at radius 3 is 2.57 bits per heavy atom. The van der Waals surface area contributed by atoms with Crippen molar-refractivity contribution in [3.05, 3.63) is 35.8 Å². The number of ketones is 1. The molecule has 3 N–H and O–H groups in total. The zero-order valence-corrected chi connectivity index (χ0v) is 18.9. The molecule has 2 saturated carbocycles. The van der Waals surface area contributed by atoms with Gasteiger partial charge in [-0.2, -0.15) is 5.26 Å². The summed E-state index contributed by atoms with van der Waals surface area (Å²) in [4.78, 5) is 40.9. The molecule has 0 bridgehead atoms. The number of benzene rings is 1. The van der Waals surface area contributed by atoms with Crippen molar-refractivity contribution in [1.82, 2.24) is 15.6 Å². The second kappa shape index (κ2) is 8.40. The summed E-state index contributed by atoms with van der Waals surface area (Å²) in [6.45, 7) is 0. The Morgan fingerprint density at radius 2 is 1.97 bits per heavy atom. The lowest BCUT2D eigenvalue weighted by atomic mass is 9.92. The largest absolute Gasteiger partial charge is 0.350 e. The number of hydrogen-bond acceptors (Lipinski definition) is 4. The topological polar surface area (TPSA) is 115 Å². The van der Waals surface area contributed by atoms with Crippen molar-refractivity contribution in [2.75, 3.05) is 0 Å². The van der Waals surface area contributed by atoms with Crippen molar-refractivity contribution in [3.63, 3.8) is 0 Å². The van der Waals surface area contributed by atoms with Gasteiger partial charge in [-0.15, -0.1) is 0 Å². The van der Waals surface area contributed by atoms with Gasteiger partial charge in [0, 0.05) is 41.5 Å². The zero-order chi connectivity index (χ0) is 25.0. The SMILES string of the molecule is N#C[C@H](C[C@@H]1CC2(CC2)NC1=O)NC(=O)[C@@H](CC(=O)c1cc2cccc(F)c2[nH]1)CC1CC1(F)F. The average molecular weight is 486 g/mol. The van der Waals surface area contributed by atoms with E-state index in [4.69, 9.17) is 0 Å². The minimum absolute atomic E-state index is 0.0830. The van der Waals surface area contributed by atoms with Gasteiger partial charge in [0.1, 0.15) is 11.9 Å². The molecule has 2 heterocycles. The Labute approximate surface area is 199 Å². The van der Waals surface area contributed by atoms with Crippen molar-refractivity contribution < 1.29 is 27.6 Å². The van der Waals surface area contributed by atoms with E-state index in [1.54, 1.807) is 6.07 Å². The van der Waals surface area contributed by atoms with E-state index in [1.165, 1.54) is 18.2 Å². The molecule has 1 aliphatic heterocycles. The Kier molecular flexibility index (Phi) is 5.61. The summed E-state index contributed by atoms with van der Waals surface area (Å²) in [5.41, 5.74) is 0.0650. The Hall–Kier alpha value is -3.35. The van der Waals surface area contributed by atoms with E-state index in [2.05, 4.69) is 15.6 Å². The van der Waals surface area contributed by atoms with Crippen molar-refractivity contribution in [2.24, 2.45) is 17.8 Å². The summed E-state index contributed by atoms with van der Waals surface area (Å²) in [7, 11) is 0. The third kappa shape index (κ3) is 4.77. The maximum absolute atomic E-state index is 14.0. The molecule has 3 aliphatic rings. The van der Waals surface area contributed by atoms with Crippen LogP contribution >= 0.6 is 0 Å². The third-order valence-corrected chi connectivity index (χ3v) is 7.48. The van der Waals surface area contributed by atoms with Crippen LogP contribution in [0.15, 0.2) is 24.3 Å². The highest BCUT2D eigenvalue weighted by molar-refractivity contribution is 6.01. The summed E-state index contributed by atoms with van der Waals surface area (Å²) >= 11 is 0. The van der Waals surface area contributed by atoms with Crippen LogP contribution in [0.3, 0.4) is 0 Å². The number of halogens is 3. The van der Waals surface area contributed by atoms with Gasteiger partial charge < -0.3 is 15.6 Å². The van der Waals surface area contributed by atoms with Gasteiger partial charge in [0.15, 0.2) is 5.78 Å². The molecule has 10 heteroatoms. The lowest BCUT2D eigenvalue weighted by Crippen LogP contribution is -2.41. The number of nitrogens with zero attached hydrogens (tertiary/aromatic N) is 1. The van der Waals surface area contributed by atoms with Crippen LogP contribution in [0, 0.1) is 34.9 Å². The molecule has 35 heavy (non-hydrogen) atoms. The molecule has 2 aromatic rings. The number of alkyl halides is 2. The fraction of sp³-hybridized carbons (Fsp3) is 0.520. The quantitative estimate of drug-likeness (QED) is 0.470. The van der Waals surface area contributed by atoms with E-state index < -0.39 is 47.2 Å². The summed E-state index contributed by atoms with van der Waals surface area (Å²) < 4.78 is 41.2. The van der Waals surface area contributed by atoms with E-state index in [-0.39, 0.29) is 48.3 Å². The molecule has 3 fully saturated rings. The highest BCUT2D eigenvalue weighted by Crippen LogP contribution is 2.52. The number of Topliss-reactive ketones (excluding diaryl/α,β-unsaturated/α-hetero) is 1. The van der Waals surface area contributed by atoms with Gasteiger partial charge in [0.05, 0.1) is 17.3 Å². The van der Waals surface area contributed by atoms with Crippen LogP contribution in [0.1, 0.15) is 55.4 Å². The number of H-pyrrole nitrogens is 1. The summed E-state index contributed by atoms with van der Waals surface area (Å²) in [5, 5.41) is 15.6. The van der Waals surface area contributed by atoms with E-state index in [0.29, 0.717) is 11.8 Å². The first kappa shape index (κ1) is 23.4. The van der Waals surface area contributed by atoms with Crippen LogP contribution in [-0.2, 0) is 9.59 Å². The first-order chi connectivity index (χ1) is 16.6. The van der Waals surface area contributed by atoms with E-state index >= 15 is 0 Å². The lowest BCUT2D eigenvalue weighted by molar-refractivity contribution is -0.127. The number of aromatic amines is 1. The highest BCUT2D eigenvalue weighted by atomic mass is 19.3. The monoisotopic (exact) mass is 486 g/mol. The number of carbonyl (C=O) groups is 3. The van der Waals surface area contributed by atoms with Gasteiger partial charge >= 0.3 is 0 Å². The maximum atomic E-state index is 14.0. The Bertz CT molecular complexity index is 1250. The normalized spacial score (nSPS) is 25.0. The molecule has 1 aromatic carbocycles. The number of carbonyl (C=O) groups excluding carboxylic acids is 3. The maximum Gasteiger partial charge on any atom is 0.251 e. The van der Waals surface area contributed by atoms with Crippen LogP contribution in [-0.4, -0.2) is 40.1 Å². The van der Waals surface area contributed by atoms with Crippen LogP contribution in [0.4, 0.5) is 13.2 Å². The first-order valence-corrected chi connectivity index (χ1v) is 11.8. The molecule has 184 valence electrons. The number of aromatic nitrogens is 1. The van der Waals surface area contributed by atoms with E-state index in [1.807, 2.05) is 6.07 Å². The average Bonchev–Trinajstić information content (AvgIpc) is 3.56. The molecular formula is C25H25F3N4O3.